The summed E-state index contributed by atoms with van der Waals surface area (Å²) in [6.07, 6.45) is 14.0. The van der Waals surface area contributed by atoms with E-state index in [4.69, 9.17) is 0 Å². The van der Waals surface area contributed by atoms with Gasteiger partial charge in [0.2, 0.25) is 11.8 Å². The van der Waals surface area contributed by atoms with Gasteiger partial charge in [-0.1, -0.05) is 69.2 Å². The lowest BCUT2D eigenvalue weighted by molar-refractivity contribution is -0.149. The average Bonchev–Trinajstić information content (AvgIpc) is 2.79. The fraction of sp³-hybridized carbons (Fsp3) is 0.407. The summed E-state index contributed by atoms with van der Waals surface area (Å²) in [4.78, 5) is 28.8. The number of amides is 2. The molecule has 3 rings (SSSR count). The van der Waals surface area contributed by atoms with Crippen molar-refractivity contribution in [2.75, 3.05) is 13.1 Å². The molecule has 1 aliphatic carbocycles. The lowest BCUT2D eigenvalue weighted by Gasteiger charge is -2.52. The molecule has 1 aliphatic heterocycles. The van der Waals surface area contributed by atoms with E-state index in [1.54, 1.807) is 24.3 Å². The maximum atomic E-state index is 13.8. The van der Waals surface area contributed by atoms with E-state index in [1.165, 1.54) is 0 Å². The van der Waals surface area contributed by atoms with Crippen molar-refractivity contribution in [2.45, 2.75) is 51.5 Å². The molecule has 5 heteroatoms. The number of nitrogens with one attached hydrogen (secondary N) is 1. The van der Waals surface area contributed by atoms with Crippen molar-refractivity contribution < 1.29 is 14.7 Å². The lowest BCUT2D eigenvalue weighted by atomic mass is 9.61. The standard InChI is InChI=1S/C27H34N2O3/c1-4-7-9-10-17-29-24(31)14-15-27(26(32)28-16-6-3)21(11-8-5-2)18-20-12-13-22(30)19-23(20)25(27)29/h5-6,8,11-13,18-19,25,30H,2-4,7,9-10,14-17H2,1H3,(H,28,32)/b11-8-. The van der Waals surface area contributed by atoms with Gasteiger partial charge < -0.3 is 15.3 Å². The Bertz CT molecular complexity index is 946. The van der Waals surface area contributed by atoms with Gasteiger partial charge in [-0.2, -0.15) is 0 Å². The third kappa shape index (κ3) is 4.43. The SMILES string of the molecule is C=C/C=C\C1=Cc2ccc(O)cc2C2N(CCCCCC)C(=O)CCC12C(=O)NCC=C. The van der Waals surface area contributed by atoms with Gasteiger partial charge in [0.1, 0.15) is 5.75 Å². The maximum absolute atomic E-state index is 13.8. The highest BCUT2D eigenvalue weighted by Gasteiger charge is 2.56. The molecule has 0 saturated carbocycles. The second-order valence-corrected chi connectivity index (χ2v) is 8.53. The minimum Gasteiger partial charge on any atom is -0.508 e. The monoisotopic (exact) mass is 434 g/mol. The van der Waals surface area contributed by atoms with E-state index in [9.17, 15) is 14.7 Å². The van der Waals surface area contributed by atoms with Gasteiger partial charge in [-0.05, 0) is 41.7 Å². The van der Waals surface area contributed by atoms with Crippen LogP contribution in [-0.4, -0.2) is 34.9 Å². The van der Waals surface area contributed by atoms with Gasteiger partial charge in [-0.25, -0.2) is 0 Å². The summed E-state index contributed by atoms with van der Waals surface area (Å²) >= 11 is 0. The van der Waals surface area contributed by atoms with Crippen LogP contribution in [0.2, 0.25) is 0 Å². The number of carbonyl (C=O) groups excluding carboxylic acids is 2. The van der Waals surface area contributed by atoms with Crippen molar-refractivity contribution in [3.8, 4) is 5.75 Å². The molecule has 2 amide bonds. The molecule has 2 aliphatic rings. The molecule has 5 nitrogen and oxygen atoms in total. The molecule has 2 unspecified atom stereocenters. The quantitative estimate of drug-likeness (QED) is 0.307. The summed E-state index contributed by atoms with van der Waals surface area (Å²) < 4.78 is 0. The molecular weight excluding hydrogens is 400 g/mol. The van der Waals surface area contributed by atoms with Gasteiger partial charge in [0.25, 0.3) is 0 Å². The van der Waals surface area contributed by atoms with Gasteiger partial charge >= 0.3 is 0 Å². The van der Waals surface area contributed by atoms with Crippen LogP contribution in [0.3, 0.4) is 0 Å². The van der Waals surface area contributed by atoms with Crippen LogP contribution in [-0.2, 0) is 9.59 Å². The van der Waals surface area contributed by atoms with Crippen molar-refractivity contribution >= 4 is 17.9 Å². The molecule has 1 aromatic rings. The smallest absolute Gasteiger partial charge is 0.233 e. The highest BCUT2D eigenvalue weighted by molar-refractivity contribution is 5.94. The molecule has 0 spiro atoms. The van der Waals surface area contributed by atoms with E-state index in [0.717, 1.165) is 42.4 Å². The van der Waals surface area contributed by atoms with Crippen LogP contribution >= 0.6 is 0 Å². The van der Waals surface area contributed by atoms with E-state index >= 15 is 0 Å². The number of hydrogen-bond donors (Lipinski definition) is 2. The summed E-state index contributed by atoms with van der Waals surface area (Å²) in [6.45, 7) is 10.6. The summed E-state index contributed by atoms with van der Waals surface area (Å²) in [5, 5.41) is 13.3. The summed E-state index contributed by atoms with van der Waals surface area (Å²) in [5.74, 6) is 0.0656. The van der Waals surface area contributed by atoms with Crippen molar-refractivity contribution in [1.29, 1.82) is 0 Å². The van der Waals surface area contributed by atoms with Crippen molar-refractivity contribution in [3.05, 3.63) is 72.4 Å². The Morgan fingerprint density at radius 1 is 1.31 bits per heavy atom. The molecule has 0 aromatic heterocycles. The van der Waals surface area contributed by atoms with Crippen LogP contribution in [0.5, 0.6) is 5.75 Å². The number of benzene rings is 1. The molecule has 2 N–H and O–H groups in total. The van der Waals surface area contributed by atoms with Crippen LogP contribution in [0, 0.1) is 5.41 Å². The van der Waals surface area contributed by atoms with Crippen LogP contribution in [0.1, 0.15) is 62.6 Å². The number of allylic oxidation sites excluding steroid dienone is 3. The molecule has 1 aromatic carbocycles. The maximum Gasteiger partial charge on any atom is 0.233 e. The van der Waals surface area contributed by atoms with E-state index in [0.29, 0.717) is 25.9 Å². The van der Waals surface area contributed by atoms with Crippen LogP contribution in [0.15, 0.2) is 61.2 Å². The van der Waals surface area contributed by atoms with Gasteiger partial charge in [0.15, 0.2) is 0 Å². The zero-order valence-electron chi connectivity index (χ0n) is 19.0. The van der Waals surface area contributed by atoms with Gasteiger partial charge in [-0.3, -0.25) is 9.59 Å². The number of hydrogen-bond acceptors (Lipinski definition) is 3. The van der Waals surface area contributed by atoms with Crippen LogP contribution < -0.4 is 5.32 Å². The molecule has 0 radical (unpaired) electrons. The minimum atomic E-state index is -0.942. The first kappa shape index (κ1) is 23.6. The molecule has 32 heavy (non-hydrogen) atoms. The van der Waals surface area contributed by atoms with E-state index in [2.05, 4.69) is 25.4 Å². The average molecular weight is 435 g/mol. The molecule has 1 heterocycles. The molecule has 1 fully saturated rings. The second-order valence-electron chi connectivity index (χ2n) is 8.53. The summed E-state index contributed by atoms with van der Waals surface area (Å²) in [6, 6.07) is 4.72. The Morgan fingerprint density at radius 3 is 2.84 bits per heavy atom. The Kier molecular flexibility index (Phi) is 7.73. The van der Waals surface area contributed by atoms with E-state index in [1.807, 2.05) is 29.2 Å². The number of fused-ring (bicyclic) bond motifs is 3. The van der Waals surface area contributed by atoms with Crippen molar-refractivity contribution in [1.82, 2.24) is 10.2 Å². The normalized spacial score (nSPS) is 22.2. The predicted octanol–water partition coefficient (Wildman–Crippen LogP) is 5.06. The van der Waals surface area contributed by atoms with Gasteiger partial charge in [-0.15, -0.1) is 6.58 Å². The second kappa shape index (κ2) is 10.5. The number of aromatic hydroxyl groups is 1. The number of unbranched alkanes of at least 4 members (excludes halogenated alkanes) is 3. The number of nitrogens with zero attached hydrogens (tertiary/aromatic N) is 1. The first-order valence-electron chi connectivity index (χ1n) is 11.5. The zero-order chi connectivity index (χ0) is 23.1. The van der Waals surface area contributed by atoms with Crippen molar-refractivity contribution in [2.24, 2.45) is 5.41 Å². The topological polar surface area (TPSA) is 69.6 Å². The third-order valence-electron chi connectivity index (χ3n) is 6.50. The van der Waals surface area contributed by atoms with Gasteiger partial charge in [0.05, 0.1) is 11.5 Å². The predicted molar refractivity (Wildman–Crippen MR) is 129 cm³/mol. The number of phenols is 1. The first-order valence-corrected chi connectivity index (χ1v) is 11.5. The fourth-order valence-corrected chi connectivity index (χ4v) is 4.98. The Hall–Kier alpha value is -3.08. The summed E-state index contributed by atoms with van der Waals surface area (Å²) in [7, 11) is 0. The Labute approximate surface area is 191 Å². The molecular formula is C27H34N2O3. The van der Waals surface area contributed by atoms with E-state index in [-0.39, 0.29) is 17.6 Å². The molecule has 2 atom stereocenters. The Morgan fingerprint density at radius 2 is 2.12 bits per heavy atom. The number of likely N-dealkylation sites (tertiary alicyclic amines) is 1. The van der Waals surface area contributed by atoms with Crippen LogP contribution in [0.4, 0.5) is 0 Å². The minimum absolute atomic E-state index is 0.0573. The van der Waals surface area contributed by atoms with Crippen molar-refractivity contribution in [3.63, 3.8) is 0 Å². The molecule has 1 saturated heterocycles. The summed E-state index contributed by atoms with van der Waals surface area (Å²) in [5.41, 5.74) is 1.64. The lowest BCUT2D eigenvalue weighted by Crippen LogP contribution is -2.57. The number of piperidine rings is 1. The Balaban J connectivity index is 2.18. The highest BCUT2D eigenvalue weighted by atomic mass is 16.3. The largest absolute Gasteiger partial charge is 0.508 e. The molecule has 0 bridgehead atoms. The number of carbonyl (C=O) groups is 2. The number of rotatable bonds is 10. The highest BCUT2D eigenvalue weighted by Crippen LogP contribution is 2.56. The number of phenolic OH excluding ortho intramolecular Hbond substituents is 1. The molecule has 170 valence electrons. The fourth-order valence-electron chi connectivity index (χ4n) is 4.98. The van der Waals surface area contributed by atoms with E-state index < -0.39 is 11.5 Å². The van der Waals surface area contributed by atoms with Gasteiger partial charge in [0, 0.05) is 19.5 Å². The van der Waals surface area contributed by atoms with Crippen LogP contribution in [0.25, 0.3) is 6.08 Å². The first-order chi connectivity index (χ1) is 15.5. The zero-order valence-corrected chi connectivity index (χ0v) is 19.0. The third-order valence-corrected chi connectivity index (χ3v) is 6.50.